The number of rotatable bonds is 2. The minimum Gasteiger partial charge on any atom is -0.328 e. The first kappa shape index (κ1) is 12.5. The quantitative estimate of drug-likeness (QED) is 0.728. The van der Waals surface area contributed by atoms with E-state index in [1.165, 1.54) is 32.1 Å². The summed E-state index contributed by atoms with van der Waals surface area (Å²) in [6, 6.07) is 2.11. The van der Waals surface area contributed by atoms with Gasteiger partial charge in [0.15, 0.2) is 0 Å². The topological polar surface area (TPSA) is 38.0 Å². The highest BCUT2D eigenvalue weighted by atomic mass is 35.5. The molecule has 12 heavy (non-hydrogen) atoms. The molecule has 0 spiro atoms. The smallest absolute Gasteiger partial charge is 0.00991 e. The Balaban J connectivity index is 0.000000605. The van der Waals surface area contributed by atoms with Gasteiger partial charge < -0.3 is 11.1 Å². The van der Waals surface area contributed by atoms with Crippen LogP contribution >= 0.6 is 24.8 Å². The molecule has 0 saturated heterocycles. The van der Waals surface area contributed by atoms with Crippen molar-refractivity contribution < 1.29 is 0 Å². The van der Waals surface area contributed by atoms with Gasteiger partial charge in [-0.3, -0.25) is 0 Å². The third-order valence-corrected chi connectivity index (χ3v) is 2.75. The minimum atomic E-state index is 0. The van der Waals surface area contributed by atoms with Gasteiger partial charge in [0.25, 0.3) is 0 Å². The van der Waals surface area contributed by atoms with Gasteiger partial charge in [0.2, 0.25) is 0 Å². The molecule has 2 aliphatic carbocycles. The Morgan fingerprint density at radius 1 is 1.00 bits per heavy atom. The molecule has 2 rings (SSSR count). The zero-order chi connectivity index (χ0) is 6.97. The number of nitrogens with two attached hydrogens (primary N) is 1. The van der Waals surface area contributed by atoms with Gasteiger partial charge in [-0.25, -0.2) is 0 Å². The van der Waals surface area contributed by atoms with Crippen molar-refractivity contribution in [3.63, 3.8) is 0 Å². The van der Waals surface area contributed by atoms with Crippen molar-refractivity contribution >= 4 is 24.8 Å². The zero-order valence-electron chi connectivity index (χ0n) is 7.16. The predicted octanol–water partition coefficient (Wildman–Crippen LogP) is 1.46. The Hall–Kier alpha value is 0.500. The summed E-state index contributed by atoms with van der Waals surface area (Å²) in [7, 11) is 0. The van der Waals surface area contributed by atoms with Crippen LogP contribution < -0.4 is 11.1 Å². The van der Waals surface area contributed by atoms with Gasteiger partial charge in [0.1, 0.15) is 0 Å². The Morgan fingerprint density at radius 3 is 1.92 bits per heavy atom. The Bertz CT molecular complexity index is 122. The second-order valence-corrected chi connectivity index (χ2v) is 3.72. The van der Waals surface area contributed by atoms with E-state index < -0.39 is 0 Å². The highest BCUT2D eigenvalue weighted by Crippen LogP contribution is 2.24. The third-order valence-electron chi connectivity index (χ3n) is 2.75. The van der Waals surface area contributed by atoms with E-state index in [2.05, 4.69) is 5.32 Å². The maximum Gasteiger partial charge on any atom is 0.00991 e. The van der Waals surface area contributed by atoms with E-state index in [-0.39, 0.29) is 24.8 Å². The number of hydrogen-bond acceptors (Lipinski definition) is 2. The molecule has 0 radical (unpaired) electrons. The summed E-state index contributed by atoms with van der Waals surface area (Å²) in [5, 5.41) is 3.60. The summed E-state index contributed by atoms with van der Waals surface area (Å²) in [4.78, 5) is 0. The molecular formula is C8H18Cl2N2. The van der Waals surface area contributed by atoms with Crippen LogP contribution in [-0.4, -0.2) is 18.1 Å². The van der Waals surface area contributed by atoms with Crippen LogP contribution in [0.15, 0.2) is 0 Å². The molecule has 0 aromatic heterocycles. The molecule has 2 nitrogen and oxygen atoms in total. The molecule has 0 aliphatic heterocycles. The van der Waals surface area contributed by atoms with Crippen molar-refractivity contribution in [2.75, 3.05) is 0 Å². The summed E-state index contributed by atoms with van der Waals surface area (Å²) < 4.78 is 0. The van der Waals surface area contributed by atoms with Crippen LogP contribution in [0.4, 0.5) is 0 Å². The lowest BCUT2D eigenvalue weighted by molar-refractivity contribution is 0.221. The first-order valence-corrected chi connectivity index (χ1v) is 4.36. The highest BCUT2D eigenvalue weighted by molar-refractivity contribution is 5.85. The molecule has 2 fully saturated rings. The maximum absolute atomic E-state index is 5.66. The van der Waals surface area contributed by atoms with E-state index >= 15 is 0 Å². The Kier molecular flexibility index (Phi) is 5.50. The summed E-state index contributed by atoms with van der Waals surface area (Å²) in [5.74, 6) is 0. The molecule has 4 heteroatoms. The van der Waals surface area contributed by atoms with Crippen molar-refractivity contribution in [2.24, 2.45) is 5.73 Å². The largest absolute Gasteiger partial charge is 0.328 e. The average molecular weight is 213 g/mol. The van der Waals surface area contributed by atoms with Gasteiger partial charge in [0, 0.05) is 18.1 Å². The van der Waals surface area contributed by atoms with E-state index in [4.69, 9.17) is 5.73 Å². The predicted molar refractivity (Wildman–Crippen MR) is 56.3 cm³/mol. The fourth-order valence-electron chi connectivity index (χ4n) is 1.71. The van der Waals surface area contributed by atoms with Crippen molar-refractivity contribution in [3.05, 3.63) is 0 Å². The second-order valence-electron chi connectivity index (χ2n) is 3.72. The fraction of sp³-hybridized carbons (Fsp3) is 1.00. The van der Waals surface area contributed by atoms with Crippen LogP contribution in [0.2, 0.25) is 0 Å². The summed E-state index contributed by atoms with van der Waals surface area (Å²) in [6.45, 7) is 0. The Morgan fingerprint density at radius 2 is 1.58 bits per heavy atom. The van der Waals surface area contributed by atoms with Gasteiger partial charge >= 0.3 is 0 Å². The lowest BCUT2D eigenvalue weighted by atomic mass is 9.84. The first-order valence-electron chi connectivity index (χ1n) is 4.36. The third kappa shape index (κ3) is 2.77. The average Bonchev–Trinajstić information content (AvgIpc) is 1.72. The van der Waals surface area contributed by atoms with Crippen LogP contribution in [0.1, 0.15) is 32.1 Å². The normalized spacial score (nSPS) is 33.8. The van der Waals surface area contributed by atoms with Crippen molar-refractivity contribution in [1.29, 1.82) is 0 Å². The molecule has 0 aromatic rings. The lowest BCUT2D eigenvalue weighted by Gasteiger charge is -2.39. The van der Waals surface area contributed by atoms with Gasteiger partial charge in [-0.2, -0.15) is 0 Å². The van der Waals surface area contributed by atoms with Gasteiger partial charge in [-0.05, 0) is 25.7 Å². The van der Waals surface area contributed by atoms with Crippen LogP contribution in [-0.2, 0) is 0 Å². The van der Waals surface area contributed by atoms with E-state index in [1.807, 2.05) is 0 Å². The molecule has 2 saturated carbocycles. The zero-order valence-corrected chi connectivity index (χ0v) is 8.79. The van der Waals surface area contributed by atoms with Gasteiger partial charge in [-0.1, -0.05) is 6.42 Å². The fourth-order valence-corrected chi connectivity index (χ4v) is 1.71. The molecule has 0 bridgehead atoms. The summed E-state index contributed by atoms with van der Waals surface area (Å²) >= 11 is 0. The molecule has 0 amide bonds. The molecule has 3 N–H and O–H groups in total. The standard InChI is InChI=1S/C8H16N2.2ClH/c9-6-4-8(5-6)10-7-2-1-3-7;;/h6-8,10H,1-5,9H2;2*1H. The molecule has 0 aromatic carbocycles. The molecule has 0 atom stereocenters. The number of nitrogens with one attached hydrogen (secondary N) is 1. The van der Waals surface area contributed by atoms with E-state index in [1.54, 1.807) is 0 Å². The SMILES string of the molecule is Cl.Cl.NC1CC(NC2CCC2)C1. The van der Waals surface area contributed by atoms with Crippen LogP contribution in [0.5, 0.6) is 0 Å². The van der Waals surface area contributed by atoms with E-state index in [9.17, 15) is 0 Å². The first-order chi connectivity index (χ1) is 4.84. The molecular weight excluding hydrogens is 195 g/mol. The molecule has 2 aliphatic rings. The van der Waals surface area contributed by atoms with Crippen LogP contribution in [0.3, 0.4) is 0 Å². The summed E-state index contributed by atoms with van der Waals surface area (Å²) in [6.07, 6.45) is 6.63. The molecule has 0 heterocycles. The maximum atomic E-state index is 5.66. The minimum absolute atomic E-state index is 0. The summed E-state index contributed by atoms with van der Waals surface area (Å²) in [5.41, 5.74) is 5.66. The van der Waals surface area contributed by atoms with Crippen molar-refractivity contribution in [2.45, 2.75) is 50.2 Å². The molecule has 0 unspecified atom stereocenters. The van der Waals surface area contributed by atoms with Gasteiger partial charge in [-0.15, -0.1) is 24.8 Å². The Labute approximate surface area is 86.5 Å². The monoisotopic (exact) mass is 212 g/mol. The van der Waals surface area contributed by atoms with Crippen molar-refractivity contribution in [1.82, 2.24) is 5.32 Å². The van der Waals surface area contributed by atoms with E-state index in [0.29, 0.717) is 6.04 Å². The van der Waals surface area contributed by atoms with Crippen LogP contribution in [0.25, 0.3) is 0 Å². The number of halogens is 2. The van der Waals surface area contributed by atoms with E-state index in [0.717, 1.165) is 12.1 Å². The highest BCUT2D eigenvalue weighted by Gasteiger charge is 2.29. The molecule has 74 valence electrons. The van der Waals surface area contributed by atoms with Crippen LogP contribution in [0, 0.1) is 0 Å². The number of hydrogen-bond donors (Lipinski definition) is 2. The van der Waals surface area contributed by atoms with Crippen molar-refractivity contribution in [3.8, 4) is 0 Å². The lowest BCUT2D eigenvalue weighted by Crippen LogP contribution is -2.53. The second kappa shape index (κ2) is 5.28. The van der Waals surface area contributed by atoms with Gasteiger partial charge in [0.05, 0.1) is 0 Å².